The largest absolute Gasteiger partial charge is 0.508 e. The van der Waals surface area contributed by atoms with E-state index in [9.17, 15) is 5.11 Å². The molecule has 0 fully saturated rings. The molecule has 4 aromatic carbocycles. The minimum atomic E-state index is -0.531. The fraction of sp³-hybridized carbons (Fsp3) is 0.172. The van der Waals surface area contributed by atoms with E-state index in [2.05, 4.69) is 81.4 Å². The standard InChI is InChI=1S/C29H28O2/c1-28(2,3)31-27-20-16-25(17-21-27)29(22-10-6-4-7-11-22,23-12-8-5-9-13-23)24-14-18-26(30)19-15-24/h4-21,30H,1-3H3. The molecule has 0 aliphatic heterocycles. The molecule has 0 saturated carbocycles. The van der Waals surface area contributed by atoms with Gasteiger partial charge in [-0.15, -0.1) is 0 Å². The number of ether oxygens (including phenoxy) is 1. The summed E-state index contributed by atoms with van der Waals surface area (Å²) in [6, 6.07) is 36.9. The van der Waals surface area contributed by atoms with Crippen molar-refractivity contribution >= 4 is 0 Å². The van der Waals surface area contributed by atoms with Gasteiger partial charge in [0, 0.05) is 0 Å². The number of phenolic OH excluding ortho intramolecular Hbond substituents is 1. The van der Waals surface area contributed by atoms with Crippen molar-refractivity contribution in [3.05, 3.63) is 131 Å². The smallest absolute Gasteiger partial charge is 0.120 e. The van der Waals surface area contributed by atoms with Crippen molar-refractivity contribution in [3.63, 3.8) is 0 Å². The van der Waals surface area contributed by atoms with Crippen molar-refractivity contribution in [2.75, 3.05) is 0 Å². The molecule has 0 bridgehead atoms. The van der Waals surface area contributed by atoms with Crippen LogP contribution in [0.5, 0.6) is 11.5 Å². The Bertz CT molecular complexity index is 1070. The Morgan fingerprint density at radius 3 is 1.32 bits per heavy atom. The van der Waals surface area contributed by atoms with Crippen LogP contribution in [0.4, 0.5) is 0 Å². The van der Waals surface area contributed by atoms with E-state index in [0.29, 0.717) is 0 Å². The highest BCUT2D eigenvalue weighted by Gasteiger charge is 2.38. The van der Waals surface area contributed by atoms with E-state index in [4.69, 9.17) is 4.74 Å². The summed E-state index contributed by atoms with van der Waals surface area (Å²) in [6.07, 6.45) is 0. The third kappa shape index (κ3) is 4.20. The van der Waals surface area contributed by atoms with Crippen LogP contribution in [0.3, 0.4) is 0 Å². The Hall–Kier alpha value is -3.52. The molecule has 4 rings (SSSR count). The van der Waals surface area contributed by atoms with Crippen LogP contribution in [0.2, 0.25) is 0 Å². The van der Waals surface area contributed by atoms with Gasteiger partial charge in [-0.05, 0) is 67.3 Å². The molecule has 4 aromatic rings. The first-order valence-corrected chi connectivity index (χ1v) is 10.6. The van der Waals surface area contributed by atoms with Crippen molar-refractivity contribution in [1.82, 2.24) is 0 Å². The lowest BCUT2D eigenvalue weighted by Crippen LogP contribution is -2.31. The average molecular weight is 409 g/mol. The molecular weight excluding hydrogens is 380 g/mol. The second-order valence-electron chi connectivity index (χ2n) is 8.77. The van der Waals surface area contributed by atoms with Gasteiger partial charge in [-0.3, -0.25) is 0 Å². The Morgan fingerprint density at radius 2 is 0.903 bits per heavy atom. The molecule has 0 amide bonds. The molecule has 0 atom stereocenters. The van der Waals surface area contributed by atoms with Crippen LogP contribution in [-0.2, 0) is 5.41 Å². The fourth-order valence-electron chi connectivity index (χ4n) is 4.21. The van der Waals surface area contributed by atoms with Crippen LogP contribution in [-0.4, -0.2) is 10.7 Å². The van der Waals surface area contributed by atoms with Gasteiger partial charge in [0.1, 0.15) is 17.1 Å². The third-order valence-corrected chi connectivity index (χ3v) is 5.43. The van der Waals surface area contributed by atoms with E-state index >= 15 is 0 Å². The summed E-state index contributed by atoms with van der Waals surface area (Å²) < 4.78 is 6.07. The number of phenols is 1. The molecule has 2 heteroatoms. The van der Waals surface area contributed by atoms with Crippen molar-refractivity contribution < 1.29 is 9.84 Å². The maximum absolute atomic E-state index is 9.96. The Labute approximate surface area is 184 Å². The van der Waals surface area contributed by atoms with Gasteiger partial charge in [0.15, 0.2) is 0 Å². The highest BCUT2D eigenvalue weighted by molar-refractivity contribution is 5.60. The molecular formula is C29H28O2. The summed E-state index contributed by atoms with van der Waals surface area (Å²) in [7, 11) is 0. The molecule has 0 aromatic heterocycles. The monoisotopic (exact) mass is 408 g/mol. The zero-order valence-corrected chi connectivity index (χ0v) is 18.2. The van der Waals surface area contributed by atoms with E-state index in [1.54, 1.807) is 12.1 Å². The van der Waals surface area contributed by atoms with Crippen LogP contribution < -0.4 is 4.74 Å². The van der Waals surface area contributed by atoms with E-state index in [1.807, 2.05) is 36.4 Å². The summed E-state index contributed by atoms with van der Waals surface area (Å²) in [5.74, 6) is 1.10. The number of aromatic hydroxyl groups is 1. The van der Waals surface area contributed by atoms with Gasteiger partial charge in [0.05, 0.1) is 5.41 Å². The maximum atomic E-state index is 9.96. The van der Waals surface area contributed by atoms with Crippen LogP contribution in [0.15, 0.2) is 109 Å². The highest BCUT2D eigenvalue weighted by Crippen LogP contribution is 2.45. The van der Waals surface area contributed by atoms with Crippen LogP contribution in [0.25, 0.3) is 0 Å². The van der Waals surface area contributed by atoms with Crippen LogP contribution in [0, 0.1) is 0 Å². The maximum Gasteiger partial charge on any atom is 0.120 e. The summed E-state index contributed by atoms with van der Waals surface area (Å²) in [4.78, 5) is 0. The third-order valence-electron chi connectivity index (χ3n) is 5.43. The topological polar surface area (TPSA) is 29.5 Å². The van der Waals surface area contributed by atoms with E-state index < -0.39 is 5.41 Å². The molecule has 2 nitrogen and oxygen atoms in total. The molecule has 0 radical (unpaired) electrons. The van der Waals surface area contributed by atoms with Gasteiger partial charge in [0.25, 0.3) is 0 Å². The van der Waals surface area contributed by atoms with Gasteiger partial charge < -0.3 is 9.84 Å². The van der Waals surface area contributed by atoms with E-state index in [0.717, 1.165) is 28.0 Å². The molecule has 156 valence electrons. The van der Waals surface area contributed by atoms with E-state index in [-0.39, 0.29) is 11.4 Å². The van der Waals surface area contributed by atoms with Gasteiger partial charge in [-0.25, -0.2) is 0 Å². The first-order valence-electron chi connectivity index (χ1n) is 10.6. The molecule has 1 N–H and O–H groups in total. The number of hydrogen-bond acceptors (Lipinski definition) is 2. The molecule has 0 heterocycles. The zero-order chi connectivity index (χ0) is 21.9. The number of benzene rings is 4. The van der Waals surface area contributed by atoms with Crippen molar-refractivity contribution in [2.45, 2.75) is 31.8 Å². The van der Waals surface area contributed by atoms with Crippen molar-refractivity contribution in [2.24, 2.45) is 0 Å². The predicted molar refractivity (Wildman–Crippen MR) is 127 cm³/mol. The minimum absolute atomic E-state index is 0.256. The lowest BCUT2D eigenvalue weighted by molar-refractivity contribution is 0.131. The SMILES string of the molecule is CC(C)(C)Oc1ccc(C(c2ccccc2)(c2ccccc2)c2ccc(O)cc2)cc1. The Morgan fingerprint density at radius 1 is 0.516 bits per heavy atom. The second kappa shape index (κ2) is 8.31. The van der Waals surface area contributed by atoms with Gasteiger partial charge in [-0.1, -0.05) is 84.9 Å². The molecule has 0 aliphatic rings. The van der Waals surface area contributed by atoms with Gasteiger partial charge in [0.2, 0.25) is 0 Å². The first kappa shape index (κ1) is 20.7. The fourth-order valence-corrected chi connectivity index (χ4v) is 4.21. The number of hydrogen-bond donors (Lipinski definition) is 1. The number of rotatable bonds is 5. The summed E-state index contributed by atoms with van der Waals surface area (Å²) in [5.41, 5.74) is 3.77. The normalized spacial score (nSPS) is 11.8. The summed E-state index contributed by atoms with van der Waals surface area (Å²) >= 11 is 0. The molecule has 0 saturated heterocycles. The van der Waals surface area contributed by atoms with Crippen LogP contribution in [0.1, 0.15) is 43.0 Å². The Kier molecular flexibility index (Phi) is 5.56. The summed E-state index contributed by atoms with van der Waals surface area (Å²) in [5, 5.41) is 9.96. The predicted octanol–water partition coefficient (Wildman–Crippen LogP) is 6.95. The van der Waals surface area contributed by atoms with Gasteiger partial charge >= 0.3 is 0 Å². The molecule has 0 spiro atoms. The van der Waals surface area contributed by atoms with Crippen LogP contribution >= 0.6 is 0 Å². The molecule has 0 aliphatic carbocycles. The second-order valence-corrected chi connectivity index (χ2v) is 8.77. The zero-order valence-electron chi connectivity index (χ0n) is 18.2. The first-order chi connectivity index (χ1) is 14.9. The van der Waals surface area contributed by atoms with Gasteiger partial charge in [-0.2, -0.15) is 0 Å². The van der Waals surface area contributed by atoms with Crippen molar-refractivity contribution in [3.8, 4) is 11.5 Å². The average Bonchev–Trinajstić information content (AvgIpc) is 2.77. The Balaban J connectivity index is 1.99. The quantitative estimate of drug-likeness (QED) is 0.362. The molecule has 31 heavy (non-hydrogen) atoms. The van der Waals surface area contributed by atoms with Crippen molar-refractivity contribution in [1.29, 1.82) is 0 Å². The molecule has 0 unspecified atom stereocenters. The van der Waals surface area contributed by atoms with E-state index in [1.165, 1.54) is 0 Å². The summed E-state index contributed by atoms with van der Waals surface area (Å²) in [6.45, 7) is 6.15. The highest BCUT2D eigenvalue weighted by atomic mass is 16.5. The minimum Gasteiger partial charge on any atom is -0.508 e. The lowest BCUT2D eigenvalue weighted by Gasteiger charge is -2.37. The lowest BCUT2D eigenvalue weighted by atomic mass is 9.65.